The van der Waals surface area contributed by atoms with Crippen molar-refractivity contribution in [1.82, 2.24) is 5.32 Å². The largest absolute Gasteiger partial charge is 0.481 e. The SMILES string of the molecule is C#C[C@@](CCC(=O)O)(NC(=O)OCc1ccccc1)C(=O)O. The highest BCUT2D eigenvalue weighted by molar-refractivity contribution is 5.88. The number of carbonyl (C=O) groups excluding carboxylic acids is 1. The van der Waals surface area contributed by atoms with E-state index in [1.807, 2.05) is 11.2 Å². The van der Waals surface area contributed by atoms with Crippen LogP contribution in [-0.4, -0.2) is 33.8 Å². The van der Waals surface area contributed by atoms with Gasteiger partial charge in [-0.2, -0.15) is 0 Å². The second-order valence-corrected chi connectivity index (χ2v) is 4.44. The maximum Gasteiger partial charge on any atom is 0.409 e. The van der Waals surface area contributed by atoms with Gasteiger partial charge in [0.05, 0.1) is 0 Å². The summed E-state index contributed by atoms with van der Waals surface area (Å²) in [5.74, 6) is -0.818. The first-order valence-corrected chi connectivity index (χ1v) is 6.31. The first kappa shape index (κ1) is 17.0. The maximum absolute atomic E-state index is 11.7. The van der Waals surface area contributed by atoms with Crippen molar-refractivity contribution in [3.8, 4) is 12.3 Å². The highest BCUT2D eigenvalue weighted by Gasteiger charge is 2.39. The molecule has 1 atom stereocenters. The van der Waals surface area contributed by atoms with Crippen LogP contribution in [-0.2, 0) is 20.9 Å². The van der Waals surface area contributed by atoms with Crippen LogP contribution in [0, 0.1) is 12.3 Å². The summed E-state index contributed by atoms with van der Waals surface area (Å²) in [7, 11) is 0. The molecule has 7 heteroatoms. The topological polar surface area (TPSA) is 113 Å². The molecule has 1 aromatic rings. The first-order valence-electron chi connectivity index (χ1n) is 6.31. The highest BCUT2D eigenvalue weighted by atomic mass is 16.5. The normalized spacial score (nSPS) is 12.5. The fourth-order valence-electron chi connectivity index (χ4n) is 1.62. The number of nitrogens with one attached hydrogen (secondary N) is 1. The van der Waals surface area contributed by atoms with Crippen LogP contribution in [0.1, 0.15) is 18.4 Å². The molecule has 0 heterocycles. The smallest absolute Gasteiger partial charge is 0.409 e. The Bertz CT molecular complexity index is 592. The van der Waals surface area contributed by atoms with Crippen molar-refractivity contribution in [3.05, 3.63) is 35.9 Å². The lowest BCUT2D eigenvalue weighted by molar-refractivity contribution is -0.143. The van der Waals surface area contributed by atoms with E-state index in [0.29, 0.717) is 5.56 Å². The Morgan fingerprint density at radius 3 is 2.36 bits per heavy atom. The van der Waals surface area contributed by atoms with Gasteiger partial charge in [0, 0.05) is 12.8 Å². The van der Waals surface area contributed by atoms with Crippen LogP contribution < -0.4 is 5.32 Å². The van der Waals surface area contributed by atoms with E-state index in [1.165, 1.54) is 0 Å². The lowest BCUT2D eigenvalue weighted by atomic mass is 9.94. The molecule has 0 fully saturated rings. The lowest BCUT2D eigenvalue weighted by Crippen LogP contribution is -2.53. The molecule has 0 saturated carbocycles. The van der Waals surface area contributed by atoms with E-state index in [1.54, 1.807) is 30.3 Å². The van der Waals surface area contributed by atoms with Crippen LogP contribution in [0.3, 0.4) is 0 Å². The fourth-order valence-corrected chi connectivity index (χ4v) is 1.62. The predicted octanol–water partition coefficient (Wildman–Crippen LogP) is 1.23. The van der Waals surface area contributed by atoms with Gasteiger partial charge in [-0.1, -0.05) is 36.3 Å². The second kappa shape index (κ2) is 7.69. The van der Waals surface area contributed by atoms with E-state index in [0.717, 1.165) is 0 Å². The molecule has 1 rings (SSSR count). The van der Waals surface area contributed by atoms with E-state index in [-0.39, 0.29) is 6.61 Å². The molecule has 116 valence electrons. The number of rotatable bonds is 7. The van der Waals surface area contributed by atoms with Crippen LogP contribution in [0.5, 0.6) is 0 Å². The summed E-state index contributed by atoms with van der Waals surface area (Å²) in [4.78, 5) is 33.5. The van der Waals surface area contributed by atoms with Crippen molar-refractivity contribution in [3.63, 3.8) is 0 Å². The molecular formula is C15H15NO6. The zero-order chi connectivity index (χ0) is 16.6. The monoisotopic (exact) mass is 305 g/mol. The second-order valence-electron chi connectivity index (χ2n) is 4.44. The van der Waals surface area contributed by atoms with Crippen LogP contribution in [0.4, 0.5) is 4.79 Å². The van der Waals surface area contributed by atoms with Gasteiger partial charge in [-0.3, -0.25) is 10.1 Å². The Morgan fingerprint density at radius 1 is 1.23 bits per heavy atom. The van der Waals surface area contributed by atoms with Crippen LogP contribution in [0.2, 0.25) is 0 Å². The number of alkyl carbamates (subject to hydrolysis) is 1. The maximum atomic E-state index is 11.7. The van der Waals surface area contributed by atoms with Gasteiger partial charge in [-0.15, -0.1) is 6.42 Å². The van der Waals surface area contributed by atoms with Crippen LogP contribution in [0.15, 0.2) is 30.3 Å². The third kappa shape index (κ3) is 4.83. The van der Waals surface area contributed by atoms with Gasteiger partial charge in [-0.05, 0) is 5.56 Å². The zero-order valence-corrected chi connectivity index (χ0v) is 11.6. The number of carboxylic acids is 2. The summed E-state index contributed by atoms with van der Waals surface area (Å²) >= 11 is 0. The van der Waals surface area contributed by atoms with Crippen molar-refractivity contribution in [2.24, 2.45) is 0 Å². The number of hydrogen-bond acceptors (Lipinski definition) is 4. The van der Waals surface area contributed by atoms with E-state index < -0.39 is 36.4 Å². The number of carbonyl (C=O) groups is 3. The van der Waals surface area contributed by atoms with E-state index in [2.05, 4.69) is 0 Å². The molecule has 0 radical (unpaired) electrons. The van der Waals surface area contributed by atoms with Gasteiger partial charge in [0.1, 0.15) is 6.61 Å². The molecule has 0 spiro atoms. The summed E-state index contributed by atoms with van der Waals surface area (Å²) in [6, 6.07) is 8.76. The van der Waals surface area contributed by atoms with Gasteiger partial charge in [0.25, 0.3) is 0 Å². The molecule has 0 aliphatic heterocycles. The number of terminal acetylenes is 1. The number of carboxylic acid groups (broad SMARTS) is 2. The van der Waals surface area contributed by atoms with Crippen molar-refractivity contribution in [2.75, 3.05) is 0 Å². The minimum Gasteiger partial charge on any atom is -0.481 e. The standard InChI is InChI=1S/C15H15NO6/c1-2-15(13(19)20,9-8-12(17)18)16-14(21)22-10-11-6-4-3-5-7-11/h1,3-7H,8-10H2,(H,16,21)(H,17,18)(H,19,20)/t15-/m0/s1. The minimum atomic E-state index is -2.12. The van der Waals surface area contributed by atoms with Crippen molar-refractivity contribution in [1.29, 1.82) is 0 Å². The Morgan fingerprint density at radius 2 is 1.86 bits per heavy atom. The highest BCUT2D eigenvalue weighted by Crippen LogP contribution is 2.14. The summed E-state index contributed by atoms with van der Waals surface area (Å²) in [6.45, 7) is -0.0636. The van der Waals surface area contributed by atoms with Gasteiger partial charge >= 0.3 is 18.0 Å². The number of aliphatic carboxylic acids is 2. The Kier molecular flexibility index (Phi) is 5.96. The molecule has 0 saturated heterocycles. The predicted molar refractivity (Wildman–Crippen MR) is 75.8 cm³/mol. The molecule has 0 aromatic heterocycles. The molecule has 3 N–H and O–H groups in total. The molecule has 1 amide bonds. The molecule has 0 unspecified atom stereocenters. The third-order valence-electron chi connectivity index (χ3n) is 2.85. The van der Waals surface area contributed by atoms with Crippen LogP contribution in [0.25, 0.3) is 0 Å². The number of amides is 1. The Hall–Kier alpha value is -3.01. The zero-order valence-electron chi connectivity index (χ0n) is 11.6. The summed E-state index contributed by atoms with van der Waals surface area (Å²) < 4.78 is 4.89. The van der Waals surface area contributed by atoms with E-state index in [9.17, 15) is 14.4 Å². The molecular weight excluding hydrogens is 290 g/mol. The van der Waals surface area contributed by atoms with Gasteiger partial charge < -0.3 is 14.9 Å². The van der Waals surface area contributed by atoms with Crippen molar-refractivity contribution >= 4 is 18.0 Å². The molecule has 22 heavy (non-hydrogen) atoms. The average Bonchev–Trinajstić information content (AvgIpc) is 2.50. The van der Waals surface area contributed by atoms with Crippen molar-refractivity contribution in [2.45, 2.75) is 25.0 Å². The molecule has 1 aromatic carbocycles. The average molecular weight is 305 g/mol. The third-order valence-corrected chi connectivity index (χ3v) is 2.85. The Balaban J connectivity index is 2.69. The van der Waals surface area contributed by atoms with E-state index in [4.69, 9.17) is 21.4 Å². The first-order chi connectivity index (χ1) is 10.4. The fraction of sp³-hybridized carbons (Fsp3) is 0.267. The van der Waals surface area contributed by atoms with Crippen LogP contribution >= 0.6 is 0 Å². The molecule has 0 aliphatic rings. The Labute approximate surface area is 126 Å². The summed E-state index contributed by atoms with van der Waals surface area (Å²) in [5.41, 5.74) is -1.41. The molecule has 0 bridgehead atoms. The van der Waals surface area contributed by atoms with E-state index >= 15 is 0 Å². The summed E-state index contributed by atoms with van der Waals surface area (Å²) in [5, 5.41) is 19.8. The van der Waals surface area contributed by atoms with Crippen molar-refractivity contribution < 1.29 is 29.3 Å². The quantitative estimate of drug-likeness (QED) is 0.653. The number of ether oxygens (including phenoxy) is 1. The number of hydrogen-bond donors (Lipinski definition) is 3. The van der Waals surface area contributed by atoms with Gasteiger partial charge in [-0.25, -0.2) is 9.59 Å². The lowest BCUT2D eigenvalue weighted by Gasteiger charge is -2.24. The summed E-state index contributed by atoms with van der Waals surface area (Å²) in [6.07, 6.45) is 3.17. The molecule has 0 aliphatic carbocycles. The van der Waals surface area contributed by atoms with Gasteiger partial charge in [0.2, 0.25) is 5.54 Å². The van der Waals surface area contributed by atoms with Gasteiger partial charge in [0.15, 0.2) is 0 Å². The number of benzene rings is 1. The molecule has 7 nitrogen and oxygen atoms in total. The minimum absolute atomic E-state index is 0.0636.